The van der Waals surface area contributed by atoms with E-state index < -0.39 is 20.0 Å². The lowest BCUT2D eigenvalue weighted by atomic mass is 10.0. The first-order chi connectivity index (χ1) is 31.5. The van der Waals surface area contributed by atoms with Crippen molar-refractivity contribution in [2.45, 2.75) is 302 Å². The van der Waals surface area contributed by atoms with Gasteiger partial charge < -0.3 is 19.8 Å². The topological polar surface area (TPSA) is 105 Å². The molecule has 65 heavy (non-hydrogen) atoms. The van der Waals surface area contributed by atoms with E-state index >= 15 is 0 Å². The van der Waals surface area contributed by atoms with Crippen LogP contribution in [0.25, 0.3) is 0 Å². The highest BCUT2D eigenvalue weighted by molar-refractivity contribution is 7.47. The molecule has 0 aliphatic heterocycles. The molecule has 0 saturated carbocycles. The second-order valence-electron chi connectivity index (χ2n) is 21.0. The first kappa shape index (κ1) is 64.2. The molecule has 388 valence electrons. The van der Waals surface area contributed by atoms with E-state index in [1.165, 1.54) is 231 Å². The predicted octanol–water partition coefficient (Wildman–Crippen LogP) is 17.0. The molecule has 0 radical (unpaired) electrons. The van der Waals surface area contributed by atoms with Crippen molar-refractivity contribution in [2.24, 2.45) is 0 Å². The fourth-order valence-electron chi connectivity index (χ4n) is 8.74. The first-order valence-electron chi connectivity index (χ1n) is 28.6. The maximum Gasteiger partial charge on any atom is 0.472 e. The smallest absolute Gasteiger partial charge is 0.387 e. The molecule has 0 rings (SSSR count). The van der Waals surface area contributed by atoms with Crippen molar-refractivity contribution in [3.63, 3.8) is 0 Å². The molecular weight excluding hydrogens is 828 g/mol. The van der Waals surface area contributed by atoms with Crippen molar-refractivity contribution in [3.8, 4) is 0 Å². The second kappa shape index (κ2) is 48.3. The molecule has 0 saturated heterocycles. The molecule has 3 unspecified atom stereocenters. The van der Waals surface area contributed by atoms with Gasteiger partial charge in [-0.05, 0) is 12.8 Å². The number of phosphoric ester groups is 1. The van der Waals surface area contributed by atoms with Gasteiger partial charge in [0.05, 0.1) is 39.9 Å². The van der Waals surface area contributed by atoms with Gasteiger partial charge in [0.2, 0.25) is 5.91 Å². The predicted molar refractivity (Wildman–Crippen MR) is 282 cm³/mol. The van der Waals surface area contributed by atoms with E-state index in [1.807, 2.05) is 27.2 Å². The summed E-state index contributed by atoms with van der Waals surface area (Å²) in [6, 6.07) is -0.837. The highest BCUT2D eigenvalue weighted by Crippen LogP contribution is 2.43. The Morgan fingerprint density at radius 1 is 0.508 bits per heavy atom. The number of rotatable bonds is 53. The van der Waals surface area contributed by atoms with Crippen LogP contribution in [0, 0.1) is 0 Å². The van der Waals surface area contributed by atoms with Crippen LogP contribution in [-0.2, 0) is 18.4 Å². The number of likely N-dealkylation sites (N-methyl/N-ethyl adjacent to an activating group) is 1. The van der Waals surface area contributed by atoms with E-state index in [-0.39, 0.29) is 19.1 Å². The molecule has 0 aromatic carbocycles. The quantitative estimate of drug-likeness (QED) is 0.0243. The van der Waals surface area contributed by atoms with Gasteiger partial charge in [-0.3, -0.25) is 13.8 Å². The number of phosphoric acid groups is 1. The molecule has 0 aromatic rings. The molecule has 3 N–H and O–H groups in total. The number of nitrogens with zero attached hydrogens (tertiary/aromatic N) is 1. The van der Waals surface area contributed by atoms with E-state index in [4.69, 9.17) is 9.05 Å². The number of carbonyl (C=O) groups is 1. The third-order valence-electron chi connectivity index (χ3n) is 13.3. The molecule has 0 fully saturated rings. The van der Waals surface area contributed by atoms with Gasteiger partial charge in [-0.15, -0.1) is 0 Å². The second-order valence-corrected chi connectivity index (χ2v) is 22.5. The number of aliphatic hydroxyl groups is 1. The number of amides is 1. The number of allylic oxidation sites excluding steroid dienone is 1. The highest BCUT2D eigenvalue weighted by atomic mass is 31.2. The van der Waals surface area contributed by atoms with Gasteiger partial charge in [-0.25, -0.2) is 4.57 Å². The van der Waals surface area contributed by atoms with Gasteiger partial charge in [0.1, 0.15) is 13.2 Å². The van der Waals surface area contributed by atoms with Crippen LogP contribution in [0.3, 0.4) is 0 Å². The van der Waals surface area contributed by atoms with Gasteiger partial charge >= 0.3 is 7.82 Å². The van der Waals surface area contributed by atoms with E-state index in [0.717, 1.165) is 38.5 Å². The summed E-state index contributed by atoms with van der Waals surface area (Å²) in [7, 11) is 1.58. The van der Waals surface area contributed by atoms with Crippen LogP contribution in [0.4, 0.5) is 0 Å². The number of aliphatic hydroxyl groups excluding tert-OH is 1. The Hall–Kier alpha value is -0.760. The summed E-state index contributed by atoms with van der Waals surface area (Å²) < 4.78 is 23.4. The molecule has 0 bridgehead atoms. The molecule has 0 spiro atoms. The van der Waals surface area contributed by atoms with Crippen molar-refractivity contribution in [1.82, 2.24) is 5.32 Å². The Labute approximate surface area is 405 Å². The van der Waals surface area contributed by atoms with Crippen LogP contribution in [-0.4, -0.2) is 73.4 Å². The van der Waals surface area contributed by atoms with E-state index in [1.54, 1.807) is 6.08 Å². The van der Waals surface area contributed by atoms with Crippen LogP contribution in [0.2, 0.25) is 0 Å². The monoisotopic (exact) mass is 942 g/mol. The summed E-state index contributed by atoms with van der Waals surface area (Å²) in [6.07, 6.45) is 60.0. The number of unbranched alkanes of at least 4 members (excludes halogenated alkanes) is 40. The minimum absolute atomic E-state index is 0.0631. The SMILES string of the molecule is CCCC/C=C/C(O)C(COP(=O)(O)OCC[N+](C)(C)C)NC(=O)CCCCCCCCCCCCCCCCCCCCCCCCCCCCCCCCCCCCCCCCC. The van der Waals surface area contributed by atoms with E-state index in [0.29, 0.717) is 17.4 Å². The number of quaternary nitrogens is 1. The zero-order valence-electron chi connectivity index (χ0n) is 44.3. The molecule has 9 heteroatoms. The molecule has 3 atom stereocenters. The van der Waals surface area contributed by atoms with Crippen LogP contribution < -0.4 is 5.32 Å². The van der Waals surface area contributed by atoms with Gasteiger partial charge in [0, 0.05) is 6.42 Å². The molecule has 0 heterocycles. The normalized spacial score (nSPS) is 14.0. The maximum absolute atomic E-state index is 12.8. The summed E-state index contributed by atoms with van der Waals surface area (Å²) in [5.74, 6) is -0.181. The summed E-state index contributed by atoms with van der Waals surface area (Å²) >= 11 is 0. The molecule has 8 nitrogen and oxygen atoms in total. The fraction of sp³-hybridized carbons (Fsp3) is 0.946. The fourth-order valence-corrected chi connectivity index (χ4v) is 9.47. The minimum atomic E-state index is -4.32. The lowest BCUT2D eigenvalue weighted by Gasteiger charge is -2.25. The third-order valence-corrected chi connectivity index (χ3v) is 14.2. The van der Waals surface area contributed by atoms with Crippen molar-refractivity contribution in [2.75, 3.05) is 40.9 Å². The zero-order valence-corrected chi connectivity index (χ0v) is 45.2. The number of hydrogen-bond donors (Lipinski definition) is 3. The molecule has 0 aliphatic rings. The maximum atomic E-state index is 12.8. The molecule has 1 amide bonds. The van der Waals surface area contributed by atoms with E-state index in [9.17, 15) is 19.4 Å². The van der Waals surface area contributed by atoms with Crippen LogP contribution >= 0.6 is 7.82 Å². The average Bonchev–Trinajstić information content (AvgIpc) is 3.26. The van der Waals surface area contributed by atoms with Gasteiger partial charge in [-0.1, -0.05) is 283 Å². The van der Waals surface area contributed by atoms with Crippen molar-refractivity contribution >= 4 is 13.7 Å². The Morgan fingerprint density at radius 2 is 0.815 bits per heavy atom. The Bertz CT molecular complexity index is 1070. The molecular formula is C56H114N2O6P+. The summed E-state index contributed by atoms with van der Waals surface area (Å²) in [5, 5.41) is 13.6. The summed E-state index contributed by atoms with van der Waals surface area (Å²) in [5.41, 5.74) is 0. The van der Waals surface area contributed by atoms with E-state index in [2.05, 4.69) is 19.2 Å². The standard InChI is InChI=1S/C56H113N2O6P/c1-6-8-10-12-13-14-15-16-17-18-19-20-21-22-23-24-25-26-27-28-29-30-31-32-33-34-35-36-37-38-39-40-41-42-43-44-45-46-48-50-56(60)57-54(55(59)49-47-11-9-7-2)53-64-65(61,62)63-52-51-58(3,4)5/h47,49,54-55,59H,6-46,48,50-53H2,1-5H3,(H-,57,60,61,62)/p+1/b49-47+. The Balaban J connectivity index is 3.58. The van der Waals surface area contributed by atoms with Crippen LogP contribution in [0.5, 0.6) is 0 Å². The molecule has 0 aromatic heterocycles. The van der Waals surface area contributed by atoms with Crippen molar-refractivity contribution in [1.29, 1.82) is 0 Å². The summed E-state index contributed by atoms with van der Waals surface area (Å²) in [6.45, 7) is 4.69. The van der Waals surface area contributed by atoms with Gasteiger partial charge in [-0.2, -0.15) is 0 Å². The first-order valence-corrected chi connectivity index (χ1v) is 30.1. The molecule has 0 aliphatic carbocycles. The van der Waals surface area contributed by atoms with Crippen LogP contribution in [0.1, 0.15) is 290 Å². The lowest BCUT2D eigenvalue weighted by Crippen LogP contribution is -2.45. The average molecular weight is 943 g/mol. The Kier molecular flexibility index (Phi) is 47.7. The van der Waals surface area contributed by atoms with Gasteiger partial charge in [0.25, 0.3) is 0 Å². The third kappa shape index (κ3) is 50.9. The highest BCUT2D eigenvalue weighted by Gasteiger charge is 2.27. The van der Waals surface area contributed by atoms with Crippen molar-refractivity contribution in [3.05, 3.63) is 12.2 Å². The Morgan fingerprint density at radius 3 is 1.12 bits per heavy atom. The van der Waals surface area contributed by atoms with Crippen molar-refractivity contribution < 1.29 is 32.9 Å². The largest absolute Gasteiger partial charge is 0.472 e. The van der Waals surface area contributed by atoms with Gasteiger partial charge in [0.15, 0.2) is 0 Å². The van der Waals surface area contributed by atoms with Crippen LogP contribution in [0.15, 0.2) is 12.2 Å². The number of nitrogens with one attached hydrogen (secondary N) is 1. The number of carbonyl (C=O) groups excluding carboxylic acids is 1. The zero-order chi connectivity index (χ0) is 47.8. The lowest BCUT2D eigenvalue weighted by molar-refractivity contribution is -0.870. The summed E-state index contributed by atoms with van der Waals surface area (Å²) in [4.78, 5) is 22.9. The number of hydrogen-bond acceptors (Lipinski definition) is 5. The minimum Gasteiger partial charge on any atom is -0.387 e.